The van der Waals surface area contributed by atoms with Gasteiger partial charge in [0.25, 0.3) is 0 Å². The highest BCUT2D eigenvalue weighted by molar-refractivity contribution is 6.30. The summed E-state index contributed by atoms with van der Waals surface area (Å²) in [6.45, 7) is 3.76. The first kappa shape index (κ1) is 13.9. The zero-order chi connectivity index (χ0) is 13.7. The van der Waals surface area contributed by atoms with Crippen molar-refractivity contribution >= 4 is 11.6 Å². The van der Waals surface area contributed by atoms with E-state index in [0.29, 0.717) is 12.3 Å². The average Bonchev–Trinajstić information content (AvgIpc) is 2.85. The van der Waals surface area contributed by atoms with E-state index in [4.69, 9.17) is 20.8 Å². The molecule has 0 unspecified atom stereocenters. The van der Waals surface area contributed by atoms with Crippen molar-refractivity contribution in [3.8, 4) is 5.75 Å². The number of halogens is 2. The summed E-state index contributed by atoms with van der Waals surface area (Å²) in [5.41, 5.74) is 1.00. The molecule has 0 aliphatic heterocycles. The van der Waals surface area contributed by atoms with Gasteiger partial charge in [0.05, 0.1) is 11.3 Å². The molecule has 0 radical (unpaired) electrons. The molecule has 0 atom stereocenters. The molecule has 1 N–H and O–H groups in total. The quantitative estimate of drug-likeness (QED) is 0.876. The highest BCUT2D eigenvalue weighted by Gasteiger charge is 2.10. The Labute approximate surface area is 116 Å². The van der Waals surface area contributed by atoms with Crippen molar-refractivity contribution in [2.75, 3.05) is 6.54 Å². The van der Waals surface area contributed by atoms with Gasteiger partial charge in [0.2, 0.25) is 0 Å². The van der Waals surface area contributed by atoms with E-state index in [1.54, 1.807) is 12.3 Å². The van der Waals surface area contributed by atoms with Crippen LogP contribution in [-0.4, -0.2) is 6.54 Å². The van der Waals surface area contributed by atoms with Gasteiger partial charge in [-0.25, -0.2) is 4.39 Å². The molecular formula is C14H15ClFNO2. The monoisotopic (exact) mass is 283 g/mol. The zero-order valence-electron chi connectivity index (χ0n) is 10.6. The Hall–Kier alpha value is -1.52. The number of hydrogen-bond acceptors (Lipinski definition) is 3. The molecular weight excluding hydrogens is 269 g/mol. The van der Waals surface area contributed by atoms with Crippen LogP contribution in [0.4, 0.5) is 4.39 Å². The Morgan fingerprint density at radius 3 is 3.00 bits per heavy atom. The van der Waals surface area contributed by atoms with E-state index in [1.807, 2.05) is 13.0 Å². The minimum atomic E-state index is -0.552. The molecule has 102 valence electrons. The molecule has 2 aromatic rings. The maximum atomic E-state index is 13.6. The van der Waals surface area contributed by atoms with Gasteiger partial charge >= 0.3 is 0 Å². The normalized spacial score (nSPS) is 10.7. The Morgan fingerprint density at radius 2 is 2.21 bits per heavy atom. The second-order valence-corrected chi connectivity index (χ2v) is 4.40. The lowest BCUT2D eigenvalue weighted by atomic mass is 10.2. The van der Waals surface area contributed by atoms with Crippen LogP contribution < -0.4 is 10.1 Å². The lowest BCUT2D eigenvalue weighted by molar-refractivity contribution is 0.256. The summed E-state index contributed by atoms with van der Waals surface area (Å²) in [7, 11) is 0. The molecule has 1 aromatic carbocycles. The Kier molecular flexibility index (Phi) is 4.82. The second-order valence-electron chi connectivity index (χ2n) is 3.99. The first-order valence-electron chi connectivity index (χ1n) is 6.05. The van der Waals surface area contributed by atoms with Gasteiger partial charge in [-0.15, -0.1) is 0 Å². The highest BCUT2D eigenvalue weighted by Crippen LogP contribution is 2.25. The molecule has 0 spiro atoms. The van der Waals surface area contributed by atoms with Crippen LogP contribution in [0.5, 0.6) is 5.75 Å². The van der Waals surface area contributed by atoms with Crippen molar-refractivity contribution in [3.05, 3.63) is 52.7 Å². The van der Waals surface area contributed by atoms with Gasteiger partial charge in [0, 0.05) is 12.1 Å². The third-order valence-electron chi connectivity index (χ3n) is 2.68. The average molecular weight is 284 g/mol. The van der Waals surface area contributed by atoms with E-state index in [2.05, 4.69) is 5.32 Å². The van der Waals surface area contributed by atoms with Gasteiger partial charge in [-0.2, -0.15) is 0 Å². The molecule has 0 saturated heterocycles. The molecule has 2 rings (SSSR count). The first-order chi connectivity index (χ1) is 9.22. The molecule has 1 aromatic heterocycles. The summed E-state index contributed by atoms with van der Waals surface area (Å²) < 4.78 is 24.4. The van der Waals surface area contributed by atoms with Crippen molar-refractivity contribution in [2.24, 2.45) is 0 Å². The second kappa shape index (κ2) is 6.59. The molecule has 0 saturated carbocycles. The zero-order valence-corrected chi connectivity index (χ0v) is 11.3. The van der Waals surface area contributed by atoms with Gasteiger partial charge in [0.1, 0.15) is 12.4 Å². The summed E-state index contributed by atoms with van der Waals surface area (Å²) >= 11 is 5.69. The maximum absolute atomic E-state index is 13.6. The number of furan rings is 1. The van der Waals surface area contributed by atoms with Crippen molar-refractivity contribution in [2.45, 2.75) is 20.1 Å². The minimum Gasteiger partial charge on any atom is -0.483 e. The fourth-order valence-electron chi connectivity index (χ4n) is 1.65. The topological polar surface area (TPSA) is 34.4 Å². The van der Waals surface area contributed by atoms with Crippen molar-refractivity contribution < 1.29 is 13.5 Å². The van der Waals surface area contributed by atoms with Gasteiger partial charge in [0.15, 0.2) is 11.6 Å². The highest BCUT2D eigenvalue weighted by atomic mass is 35.5. The number of benzene rings is 1. The number of ether oxygens (including phenoxy) is 1. The van der Waals surface area contributed by atoms with E-state index in [1.165, 1.54) is 12.1 Å². The molecule has 0 aliphatic carbocycles. The minimum absolute atomic E-state index is 0.0461. The summed E-state index contributed by atoms with van der Waals surface area (Å²) in [6.07, 6.45) is 1.60. The van der Waals surface area contributed by atoms with Crippen molar-refractivity contribution in [3.63, 3.8) is 0 Å². The van der Waals surface area contributed by atoms with Crippen molar-refractivity contribution in [1.29, 1.82) is 0 Å². The Bertz CT molecular complexity index is 542. The fourth-order valence-corrected chi connectivity index (χ4v) is 1.82. The SMILES string of the molecule is CCNCc1ccoc1COc1cccc(Cl)c1F. The summed E-state index contributed by atoms with van der Waals surface area (Å²) in [4.78, 5) is 0. The molecule has 0 fully saturated rings. The third-order valence-corrected chi connectivity index (χ3v) is 2.97. The summed E-state index contributed by atoms with van der Waals surface area (Å²) in [6, 6.07) is 6.53. The number of nitrogens with one attached hydrogen (secondary N) is 1. The van der Waals surface area contributed by atoms with Crippen molar-refractivity contribution in [1.82, 2.24) is 5.32 Å². The van der Waals surface area contributed by atoms with Crippen LogP contribution in [0.25, 0.3) is 0 Å². The molecule has 0 amide bonds. The standard InChI is InChI=1S/C14H15ClFNO2/c1-2-17-8-10-6-7-18-13(10)9-19-12-5-3-4-11(15)14(12)16/h3-7,17H,2,8-9H2,1H3. The van der Waals surface area contributed by atoms with Gasteiger partial charge in [-0.05, 0) is 24.7 Å². The first-order valence-corrected chi connectivity index (χ1v) is 6.43. The lowest BCUT2D eigenvalue weighted by Gasteiger charge is -2.08. The predicted molar refractivity (Wildman–Crippen MR) is 71.8 cm³/mol. The van der Waals surface area contributed by atoms with Crippen LogP contribution in [-0.2, 0) is 13.2 Å². The van der Waals surface area contributed by atoms with E-state index in [-0.39, 0.29) is 17.4 Å². The summed E-state index contributed by atoms with van der Waals surface area (Å²) in [5, 5.41) is 3.25. The Morgan fingerprint density at radius 1 is 1.37 bits per heavy atom. The van der Waals surface area contributed by atoms with Crippen LogP contribution in [0.3, 0.4) is 0 Å². The fraction of sp³-hybridized carbons (Fsp3) is 0.286. The van der Waals surface area contributed by atoms with Gasteiger partial charge < -0.3 is 14.5 Å². The van der Waals surface area contributed by atoms with E-state index in [9.17, 15) is 4.39 Å². The van der Waals surface area contributed by atoms with Gasteiger partial charge in [-0.1, -0.05) is 24.6 Å². The van der Waals surface area contributed by atoms with Crippen LogP contribution in [0.1, 0.15) is 18.2 Å². The maximum Gasteiger partial charge on any atom is 0.183 e. The third kappa shape index (κ3) is 3.49. The molecule has 3 nitrogen and oxygen atoms in total. The lowest BCUT2D eigenvalue weighted by Crippen LogP contribution is -2.12. The van der Waals surface area contributed by atoms with E-state index >= 15 is 0 Å². The largest absolute Gasteiger partial charge is 0.483 e. The number of hydrogen-bond donors (Lipinski definition) is 1. The van der Waals surface area contributed by atoms with Crippen LogP contribution in [0, 0.1) is 5.82 Å². The Balaban J connectivity index is 2.02. The number of rotatable bonds is 6. The predicted octanol–water partition coefficient (Wildman–Crippen LogP) is 3.76. The molecule has 0 bridgehead atoms. The van der Waals surface area contributed by atoms with E-state index in [0.717, 1.165) is 12.1 Å². The molecule has 0 aliphatic rings. The molecule has 1 heterocycles. The van der Waals surface area contributed by atoms with Crippen LogP contribution >= 0.6 is 11.6 Å². The molecule has 19 heavy (non-hydrogen) atoms. The smallest absolute Gasteiger partial charge is 0.183 e. The summed E-state index contributed by atoms with van der Waals surface area (Å²) in [5.74, 6) is 0.252. The van der Waals surface area contributed by atoms with Gasteiger partial charge in [-0.3, -0.25) is 0 Å². The van der Waals surface area contributed by atoms with Crippen LogP contribution in [0.2, 0.25) is 5.02 Å². The van der Waals surface area contributed by atoms with E-state index < -0.39 is 5.82 Å². The molecule has 5 heteroatoms. The van der Waals surface area contributed by atoms with Crippen LogP contribution in [0.15, 0.2) is 34.9 Å².